The summed E-state index contributed by atoms with van der Waals surface area (Å²) >= 11 is 5.99. The first-order valence-corrected chi connectivity index (χ1v) is 12.7. The fraction of sp³-hybridized carbons (Fsp3) is 0.333. The number of nitrogens with zero attached hydrogens (tertiary/aromatic N) is 3. The zero-order valence-electron chi connectivity index (χ0n) is 18.9. The molecule has 1 aliphatic heterocycles. The van der Waals surface area contributed by atoms with E-state index in [1.54, 1.807) is 36.7 Å². The lowest BCUT2D eigenvalue weighted by Crippen LogP contribution is -2.41. The number of piperidine rings is 1. The summed E-state index contributed by atoms with van der Waals surface area (Å²) in [5.41, 5.74) is 3.47. The minimum Gasteiger partial charge on any atom is -0.326 e. The maximum absolute atomic E-state index is 13.5. The van der Waals surface area contributed by atoms with Crippen LogP contribution >= 0.6 is 11.6 Å². The SMILES string of the molecule is Cc1cc(Cl)ccc1NC(=O)C1CCN(S(=O)(=O)c2c(C)nn(-c3ccccc3)c2C)CC1. The van der Waals surface area contributed by atoms with Crippen LogP contribution in [0, 0.1) is 26.7 Å². The molecule has 4 rings (SSSR count). The zero-order chi connectivity index (χ0) is 23.8. The van der Waals surface area contributed by atoms with E-state index in [1.165, 1.54) is 4.31 Å². The van der Waals surface area contributed by atoms with Gasteiger partial charge >= 0.3 is 0 Å². The van der Waals surface area contributed by atoms with E-state index in [0.717, 1.165) is 16.9 Å². The number of nitrogens with one attached hydrogen (secondary N) is 1. The molecule has 7 nitrogen and oxygen atoms in total. The molecule has 1 fully saturated rings. The summed E-state index contributed by atoms with van der Waals surface area (Å²) in [7, 11) is -3.73. The predicted molar refractivity (Wildman–Crippen MR) is 129 cm³/mol. The number of aryl methyl sites for hydroxylation is 2. The maximum atomic E-state index is 13.5. The number of benzene rings is 2. The number of hydrogen-bond donors (Lipinski definition) is 1. The number of para-hydroxylation sites is 1. The van der Waals surface area contributed by atoms with Gasteiger partial charge in [-0.3, -0.25) is 4.79 Å². The number of carbonyl (C=O) groups is 1. The Morgan fingerprint density at radius 1 is 1.06 bits per heavy atom. The summed E-state index contributed by atoms with van der Waals surface area (Å²) in [5, 5.41) is 8.05. The fourth-order valence-corrected chi connectivity index (χ4v) is 6.36. The Bertz CT molecular complexity index is 1280. The van der Waals surface area contributed by atoms with Crippen molar-refractivity contribution in [3.63, 3.8) is 0 Å². The molecule has 2 heterocycles. The van der Waals surface area contributed by atoms with Crippen LogP contribution in [0.1, 0.15) is 29.8 Å². The molecule has 174 valence electrons. The Hall–Kier alpha value is -2.68. The zero-order valence-corrected chi connectivity index (χ0v) is 20.4. The van der Waals surface area contributed by atoms with Gasteiger partial charge in [0.2, 0.25) is 15.9 Å². The normalized spacial score (nSPS) is 15.5. The summed E-state index contributed by atoms with van der Waals surface area (Å²) in [6.07, 6.45) is 0.922. The summed E-state index contributed by atoms with van der Waals surface area (Å²) in [5.74, 6) is -0.345. The summed E-state index contributed by atoms with van der Waals surface area (Å²) in [4.78, 5) is 13.0. The summed E-state index contributed by atoms with van der Waals surface area (Å²) < 4.78 is 30.1. The second-order valence-corrected chi connectivity index (χ2v) is 10.7. The van der Waals surface area contributed by atoms with E-state index < -0.39 is 10.0 Å². The molecule has 33 heavy (non-hydrogen) atoms. The van der Waals surface area contributed by atoms with Gasteiger partial charge in [-0.25, -0.2) is 13.1 Å². The highest BCUT2D eigenvalue weighted by Crippen LogP contribution is 2.30. The summed E-state index contributed by atoms with van der Waals surface area (Å²) in [6.45, 7) is 5.95. The average molecular weight is 487 g/mol. The van der Waals surface area contributed by atoms with E-state index in [0.29, 0.717) is 29.3 Å². The Morgan fingerprint density at radius 3 is 2.36 bits per heavy atom. The van der Waals surface area contributed by atoms with Crippen molar-refractivity contribution in [3.05, 3.63) is 70.5 Å². The molecular weight excluding hydrogens is 460 g/mol. The maximum Gasteiger partial charge on any atom is 0.246 e. The molecule has 0 atom stereocenters. The number of aromatic nitrogens is 2. The quantitative estimate of drug-likeness (QED) is 0.575. The molecule has 0 saturated carbocycles. The topological polar surface area (TPSA) is 84.3 Å². The average Bonchev–Trinajstić information content (AvgIpc) is 3.10. The van der Waals surface area contributed by atoms with Crippen molar-refractivity contribution in [2.75, 3.05) is 18.4 Å². The van der Waals surface area contributed by atoms with Crippen molar-refractivity contribution in [2.45, 2.75) is 38.5 Å². The van der Waals surface area contributed by atoms with E-state index >= 15 is 0 Å². The smallest absolute Gasteiger partial charge is 0.246 e. The van der Waals surface area contributed by atoms with E-state index in [9.17, 15) is 13.2 Å². The monoisotopic (exact) mass is 486 g/mol. The number of anilines is 1. The molecule has 1 N–H and O–H groups in total. The first kappa shape index (κ1) is 23.5. The molecule has 1 amide bonds. The number of carbonyl (C=O) groups excluding carboxylic acids is 1. The van der Waals surface area contributed by atoms with Crippen LogP contribution in [0.15, 0.2) is 53.4 Å². The molecule has 1 aromatic heterocycles. The highest BCUT2D eigenvalue weighted by Gasteiger charge is 2.35. The van der Waals surface area contributed by atoms with Gasteiger partial charge in [-0.15, -0.1) is 0 Å². The van der Waals surface area contributed by atoms with Gasteiger partial charge in [-0.2, -0.15) is 9.40 Å². The number of rotatable bonds is 5. The second-order valence-electron chi connectivity index (χ2n) is 8.37. The second kappa shape index (κ2) is 9.29. The van der Waals surface area contributed by atoms with Gasteiger partial charge in [0.25, 0.3) is 0 Å². The lowest BCUT2D eigenvalue weighted by Gasteiger charge is -2.30. The lowest BCUT2D eigenvalue weighted by molar-refractivity contribution is -0.120. The molecule has 1 aliphatic rings. The van der Waals surface area contributed by atoms with Crippen molar-refractivity contribution >= 4 is 33.2 Å². The van der Waals surface area contributed by atoms with E-state index in [2.05, 4.69) is 10.4 Å². The third-order valence-corrected chi connectivity index (χ3v) is 8.48. The van der Waals surface area contributed by atoms with Crippen LogP contribution < -0.4 is 5.32 Å². The molecule has 0 radical (unpaired) electrons. The van der Waals surface area contributed by atoms with Gasteiger partial charge < -0.3 is 5.32 Å². The molecule has 1 saturated heterocycles. The van der Waals surface area contributed by atoms with E-state index in [4.69, 9.17) is 11.6 Å². The van der Waals surface area contributed by atoms with Crippen LogP contribution in [-0.4, -0.2) is 41.5 Å². The van der Waals surface area contributed by atoms with Crippen LogP contribution in [0.2, 0.25) is 5.02 Å². The Morgan fingerprint density at radius 2 is 1.73 bits per heavy atom. The third kappa shape index (κ3) is 4.69. The summed E-state index contributed by atoms with van der Waals surface area (Å²) in [6, 6.07) is 14.8. The first-order chi connectivity index (χ1) is 15.7. The van der Waals surface area contributed by atoms with Gasteiger partial charge in [-0.1, -0.05) is 29.8 Å². The van der Waals surface area contributed by atoms with Gasteiger partial charge in [0.1, 0.15) is 4.90 Å². The third-order valence-electron chi connectivity index (χ3n) is 6.09. The number of hydrogen-bond acceptors (Lipinski definition) is 4. The van der Waals surface area contributed by atoms with Crippen LogP contribution in [0.3, 0.4) is 0 Å². The highest BCUT2D eigenvalue weighted by atomic mass is 35.5. The molecule has 2 aromatic carbocycles. The molecule has 0 aliphatic carbocycles. The number of amides is 1. The number of sulfonamides is 1. The molecule has 0 spiro atoms. The molecular formula is C24H27ClN4O3S. The molecule has 0 bridgehead atoms. The van der Waals surface area contributed by atoms with Gasteiger partial charge in [-0.05, 0) is 69.5 Å². The Labute approximate surface area is 199 Å². The van der Waals surface area contributed by atoms with Crippen molar-refractivity contribution in [2.24, 2.45) is 5.92 Å². The van der Waals surface area contributed by atoms with Gasteiger partial charge in [0, 0.05) is 29.7 Å². The van der Waals surface area contributed by atoms with Crippen LogP contribution in [-0.2, 0) is 14.8 Å². The molecule has 3 aromatic rings. The predicted octanol–water partition coefficient (Wildman–Crippen LogP) is 4.49. The van der Waals surface area contributed by atoms with Crippen LogP contribution in [0.4, 0.5) is 5.69 Å². The first-order valence-electron chi connectivity index (χ1n) is 10.9. The molecule has 0 unspecified atom stereocenters. The lowest BCUT2D eigenvalue weighted by atomic mass is 9.97. The standard InChI is InChI=1S/C24H27ClN4O3S/c1-16-15-20(25)9-10-22(16)26-24(30)19-11-13-28(14-12-19)33(31,32)23-17(2)27-29(18(23)3)21-7-5-4-6-8-21/h4-10,15,19H,11-14H2,1-3H3,(H,26,30). The Kier molecular flexibility index (Phi) is 6.61. The van der Waals surface area contributed by atoms with Crippen LogP contribution in [0.5, 0.6) is 0 Å². The van der Waals surface area contributed by atoms with E-state index in [1.807, 2.05) is 37.3 Å². The largest absolute Gasteiger partial charge is 0.326 e. The Balaban J connectivity index is 1.47. The van der Waals surface area contributed by atoms with Gasteiger partial charge in [0.15, 0.2) is 0 Å². The van der Waals surface area contributed by atoms with Crippen LogP contribution in [0.25, 0.3) is 5.69 Å². The van der Waals surface area contributed by atoms with Crippen molar-refractivity contribution in [1.29, 1.82) is 0 Å². The van der Waals surface area contributed by atoms with Crippen molar-refractivity contribution in [3.8, 4) is 5.69 Å². The minimum atomic E-state index is -3.73. The minimum absolute atomic E-state index is 0.0956. The van der Waals surface area contributed by atoms with Gasteiger partial charge in [0.05, 0.1) is 17.1 Å². The van der Waals surface area contributed by atoms with Crippen molar-refractivity contribution in [1.82, 2.24) is 14.1 Å². The fourth-order valence-electron chi connectivity index (χ4n) is 4.31. The molecule has 9 heteroatoms. The highest BCUT2D eigenvalue weighted by molar-refractivity contribution is 7.89. The van der Waals surface area contributed by atoms with Crippen molar-refractivity contribution < 1.29 is 13.2 Å². The number of halogens is 1. The van der Waals surface area contributed by atoms with E-state index in [-0.39, 0.29) is 29.8 Å².